The monoisotopic (exact) mass is 263 g/mol. The van der Waals surface area contributed by atoms with Crippen LogP contribution in [0.1, 0.15) is 0 Å². The van der Waals surface area contributed by atoms with Crippen LogP contribution in [0.5, 0.6) is 0 Å². The highest BCUT2D eigenvalue weighted by atomic mass is 32.2. The number of carbonyl (C=O) groups excluding carboxylic acids is 2. The van der Waals surface area contributed by atoms with Gasteiger partial charge in [0.15, 0.2) is 6.61 Å². The Balaban J connectivity index is 2.00. The van der Waals surface area contributed by atoms with Gasteiger partial charge in [0.2, 0.25) is 0 Å². The van der Waals surface area contributed by atoms with Crippen molar-refractivity contribution in [3.63, 3.8) is 0 Å². The summed E-state index contributed by atoms with van der Waals surface area (Å²) in [5.74, 6) is -0.415. The van der Waals surface area contributed by atoms with Crippen LogP contribution in [0.3, 0.4) is 0 Å². The molecule has 17 heavy (non-hydrogen) atoms. The molecule has 96 valence electrons. The van der Waals surface area contributed by atoms with Gasteiger partial charge in [-0.2, -0.15) is 17.0 Å². The van der Waals surface area contributed by atoms with E-state index in [1.165, 1.54) is 18.4 Å². The Labute approximate surface area is 98.9 Å². The van der Waals surface area contributed by atoms with Gasteiger partial charge in [-0.3, -0.25) is 4.79 Å². The van der Waals surface area contributed by atoms with Crippen molar-refractivity contribution in [2.75, 3.05) is 33.8 Å². The fourth-order valence-electron chi connectivity index (χ4n) is 1.72. The van der Waals surface area contributed by atoms with E-state index >= 15 is 0 Å². The van der Waals surface area contributed by atoms with Crippen molar-refractivity contribution in [1.82, 2.24) is 13.5 Å². The molecule has 2 aliphatic rings. The van der Waals surface area contributed by atoms with E-state index in [1.807, 2.05) is 0 Å². The molecule has 0 spiro atoms. The Morgan fingerprint density at radius 2 is 1.88 bits per heavy atom. The highest BCUT2D eigenvalue weighted by Gasteiger charge is 2.46. The van der Waals surface area contributed by atoms with Gasteiger partial charge in [-0.1, -0.05) is 0 Å². The predicted octanol–water partition coefficient (Wildman–Crippen LogP) is -1.54. The molecule has 0 unspecified atom stereocenters. The van der Waals surface area contributed by atoms with Crippen LogP contribution in [0.25, 0.3) is 0 Å². The molecule has 2 aliphatic heterocycles. The molecule has 2 fully saturated rings. The second-order valence-corrected chi connectivity index (χ2v) is 6.22. The van der Waals surface area contributed by atoms with Crippen LogP contribution in [-0.4, -0.2) is 73.8 Å². The molecule has 2 heterocycles. The maximum Gasteiger partial charge on any atom is 0.417 e. The van der Waals surface area contributed by atoms with E-state index in [2.05, 4.69) is 4.74 Å². The number of hydrogen-bond donors (Lipinski definition) is 0. The molecule has 0 N–H and O–H groups in total. The molecule has 0 aliphatic carbocycles. The van der Waals surface area contributed by atoms with Crippen molar-refractivity contribution < 1.29 is 22.7 Å². The lowest BCUT2D eigenvalue weighted by Gasteiger charge is -2.41. The minimum Gasteiger partial charge on any atom is -0.439 e. The highest BCUT2D eigenvalue weighted by Crippen LogP contribution is 2.22. The molecule has 0 aromatic heterocycles. The highest BCUT2D eigenvalue weighted by molar-refractivity contribution is 7.86. The first-order valence-electron chi connectivity index (χ1n) is 5.00. The minimum absolute atomic E-state index is 0.126. The Morgan fingerprint density at radius 3 is 2.29 bits per heavy atom. The lowest BCUT2D eigenvalue weighted by molar-refractivity contribution is -0.128. The van der Waals surface area contributed by atoms with Crippen molar-refractivity contribution in [3.8, 4) is 0 Å². The van der Waals surface area contributed by atoms with Crippen molar-refractivity contribution in [2.24, 2.45) is 0 Å². The number of amides is 2. The number of carbonyl (C=O) groups is 2. The van der Waals surface area contributed by atoms with Crippen molar-refractivity contribution in [3.05, 3.63) is 0 Å². The molecule has 0 atom stereocenters. The molecule has 0 aromatic carbocycles. The first kappa shape index (κ1) is 12.3. The van der Waals surface area contributed by atoms with Gasteiger partial charge in [0.25, 0.3) is 16.1 Å². The quantitative estimate of drug-likeness (QED) is 0.615. The molecule has 0 aromatic rings. The third-order valence-corrected chi connectivity index (χ3v) is 4.64. The average Bonchev–Trinajstić information content (AvgIpc) is 2.46. The van der Waals surface area contributed by atoms with E-state index in [4.69, 9.17) is 0 Å². The number of nitrogens with zero attached hydrogens (tertiary/aromatic N) is 3. The molecule has 2 saturated heterocycles. The first-order valence-corrected chi connectivity index (χ1v) is 6.40. The first-order chi connectivity index (χ1) is 7.84. The van der Waals surface area contributed by atoms with Crippen molar-refractivity contribution in [1.29, 1.82) is 0 Å². The maximum atomic E-state index is 11.7. The zero-order valence-corrected chi connectivity index (χ0v) is 10.3. The van der Waals surface area contributed by atoms with Crippen molar-refractivity contribution >= 4 is 22.2 Å². The van der Waals surface area contributed by atoms with Gasteiger partial charge in [0.1, 0.15) is 0 Å². The van der Waals surface area contributed by atoms with E-state index in [-0.39, 0.29) is 19.7 Å². The van der Waals surface area contributed by atoms with E-state index in [1.54, 1.807) is 0 Å². The molecular weight excluding hydrogens is 250 g/mol. The summed E-state index contributed by atoms with van der Waals surface area (Å²) in [6.07, 6.45) is -0.693. The van der Waals surface area contributed by atoms with Crippen molar-refractivity contribution in [2.45, 2.75) is 6.04 Å². The Morgan fingerprint density at radius 1 is 1.29 bits per heavy atom. The molecule has 9 heteroatoms. The van der Waals surface area contributed by atoms with Crippen LogP contribution >= 0.6 is 0 Å². The van der Waals surface area contributed by atoms with Crippen LogP contribution in [0.4, 0.5) is 4.79 Å². The Kier molecular flexibility index (Phi) is 2.84. The van der Waals surface area contributed by atoms with E-state index in [9.17, 15) is 18.0 Å². The lowest BCUT2D eigenvalue weighted by Crippen LogP contribution is -2.63. The molecule has 2 rings (SSSR count). The number of ether oxygens (including phenoxy) is 1. The fraction of sp³-hybridized carbons (Fsp3) is 0.750. The summed E-state index contributed by atoms with van der Waals surface area (Å²) < 4.78 is 30.2. The number of imide groups is 1. The normalized spacial score (nSPS) is 23.1. The van der Waals surface area contributed by atoms with Gasteiger partial charge in [-0.05, 0) is 0 Å². The summed E-state index contributed by atoms with van der Waals surface area (Å²) in [5.41, 5.74) is 0. The molecule has 2 amide bonds. The summed E-state index contributed by atoms with van der Waals surface area (Å²) in [7, 11) is -0.604. The van der Waals surface area contributed by atoms with Gasteiger partial charge in [0, 0.05) is 27.2 Å². The second kappa shape index (κ2) is 3.93. The third-order valence-electron chi connectivity index (χ3n) is 2.77. The second-order valence-electron chi connectivity index (χ2n) is 4.08. The van der Waals surface area contributed by atoms with Crippen LogP contribution in [-0.2, 0) is 19.7 Å². The van der Waals surface area contributed by atoms with E-state index in [0.717, 1.165) is 9.21 Å². The summed E-state index contributed by atoms with van der Waals surface area (Å²) in [5, 5.41) is 0. The van der Waals surface area contributed by atoms with Crippen LogP contribution < -0.4 is 0 Å². The van der Waals surface area contributed by atoms with Gasteiger partial charge >= 0.3 is 6.09 Å². The largest absolute Gasteiger partial charge is 0.439 e. The minimum atomic E-state index is -3.46. The number of cyclic esters (lactones) is 1. The standard InChI is InChI=1S/C8H13N3O5S/c1-9(2)17(14,15)10-3-6(4-10)11-7(12)5-16-8(11)13/h6H,3-5H2,1-2H3. The predicted molar refractivity (Wildman–Crippen MR) is 56.2 cm³/mol. The van der Waals surface area contributed by atoms with Crippen LogP contribution in [0, 0.1) is 0 Å². The summed E-state index contributed by atoms with van der Waals surface area (Å²) in [4.78, 5) is 23.5. The topological polar surface area (TPSA) is 87.2 Å². The lowest BCUT2D eigenvalue weighted by atomic mass is 10.1. The van der Waals surface area contributed by atoms with Crippen LogP contribution in [0.15, 0.2) is 0 Å². The molecular formula is C8H13N3O5S. The summed E-state index contributed by atoms with van der Waals surface area (Å²) >= 11 is 0. The Bertz CT molecular complexity index is 438. The molecule has 0 radical (unpaired) electrons. The molecule has 0 bridgehead atoms. The average molecular weight is 263 g/mol. The zero-order chi connectivity index (χ0) is 12.8. The van der Waals surface area contributed by atoms with E-state index in [0.29, 0.717) is 0 Å². The van der Waals surface area contributed by atoms with Gasteiger partial charge < -0.3 is 4.74 Å². The smallest absolute Gasteiger partial charge is 0.417 e. The van der Waals surface area contributed by atoms with Gasteiger partial charge in [-0.25, -0.2) is 9.69 Å². The Hall–Kier alpha value is -1.19. The molecule has 8 nitrogen and oxygen atoms in total. The van der Waals surface area contributed by atoms with Gasteiger partial charge in [0.05, 0.1) is 6.04 Å². The zero-order valence-electron chi connectivity index (χ0n) is 9.49. The summed E-state index contributed by atoms with van der Waals surface area (Å²) in [6, 6.07) is -0.410. The SMILES string of the molecule is CN(C)S(=O)(=O)N1CC(N2C(=O)COC2=O)C1. The fourth-order valence-corrected chi connectivity index (χ4v) is 2.90. The van der Waals surface area contributed by atoms with Crippen LogP contribution in [0.2, 0.25) is 0 Å². The van der Waals surface area contributed by atoms with E-state index < -0.39 is 28.3 Å². The molecule has 0 saturated carbocycles. The number of hydrogen-bond acceptors (Lipinski definition) is 5. The maximum absolute atomic E-state index is 11.7. The summed E-state index contributed by atoms with van der Waals surface area (Å²) in [6.45, 7) is -0.00152. The van der Waals surface area contributed by atoms with Gasteiger partial charge in [-0.15, -0.1) is 0 Å². The third kappa shape index (κ3) is 1.90. The number of rotatable bonds is 3.